The average Bonchev–Trinajstić information content (AvgIpc) is 2.58. The zero-order valence-electron chi connectivity index (χ0n) is 15.3. The Morgan fingerprint density at radius 1 is 1.17 bits per heavy atom. The van der Waals surface area contributed by atoms with Gasteiger partial charge >= 0.3 is 0 Å². The minimum absolute atomic E-state index is 0. The van der Waals surface area contributed by atoms with Crippen molar-refractivity contribution in [2.24, 2.45) is 4.99 Å². The van der Waals surface area contributed by atoms with E-state index >= 15 is 0 Å². The predicted molar refractivity (Wildman–Crippen MR) is 118 cm³/mol. The van der Waals surface area contributed by atoms with E-state index in [0.29, 0.717) is 0 Å². The van der Waals surface area contributed by atoms with E-state index in [4.69, 9.17) is 0 Å². The molecule has 1 fully saturated rings. The molecule has 0 aromatic heterocycles. The number of thioether (sulfide) groups is 1. The van der Waals surface area contributed by atoms with Gasteiger partial charge in [-0.2, -0.15) is 11.8 Å². The van der Waals surface area contributed by atoms with Crippen LogP contribution in [-0.4, -0.2) is 66.5 Å². The molecule has 6 heteroatoms. The zero-order chi connectivity index (χ0) is 16.7. The Balaban J connectivity index is 0.00000288. The van der Waals surface area contributed by atoms with E-state index in [0.717, 1.165) is 45.2 Å². The summed E-state index contributed by atoms with van der Waals surface area (Å²) in [5, 5.41) is 3.53. The number of guanidine groups is 1. The van der Waals surface area contributed by atoms with Crippen molar-refractivity contribution in [1.29, 1.82) is 0 Å². The molecule has 1 saturated heterocycles. The van der Waals surface area contributed by atoms with E-state index in [-0.39, 0.29) is 28.7 Å². The molecule has 0 unspecified atom stereocenters. The lowest BCUT2D eigenvalue weighted by molar-refractivity contribution is 0.172. The van der Waals surface area contributed by atoms with Crippen molar-refractivity contribution in [3.63, 3.8) is 0 Å². The largest absolute Gasteiger partial charge is 0.355 e. The molecule has 2 rings (SSSR count). The van der Waals surface area contributed by atoms with Crippen molar-refractivity contribution in [2.75, 3.05) is 46.0 Å². The fraction of sp³-hybridized carbons (Fsp3) is 0.611. The predicted octanol–water partition coefficient (Wildman–Crippen LogP) is 3.14. The number of hydrogen-bond acceptors (Lipinski definition) is 3. The summed E-state index contributed by atoms with van der Waals surface area (Å²) in [7, 11) is 1.88. The number of benzene rings is 1. The maximum atomic E-state index is 4.46. The summed E-state index contributed by atoms with van der Waals surface area (Å²) in [4.78, 5) is 9.35. The van der Waals surface area contributed by atoms with Crippen molar-refractivity contribution in [1.82, 2.24) is 15.1 Å². The number of piperazine rings is 1. The smallest absolute Gasteiger partial charge is 0.193 e. The van der Waals surface area contributed by atoms with Crippen LogP contribution in [0.2, 0.25) is 0 Å². The van der Waals surface area contributed by atoms with E-state index in [2.05, 4.69) is 70.5 Å². The van der Waals surface area contributed by atoms with Crippen molar-refractivity contribution in [2.45, 2.75) is 25.1 Å². The molecule has 1 aromatic carbocycles. The lowest BCUT2D eigenvalue weighted by Gasteiger charge is -2.37. The third-order valence-corrected chi connectivity index (χ3v) is 5.61. The molecule has 0 atom stereocenters. The fourth-order valence-corrected chi connectivity index (χ4v) is 2.87. The van der Waals surface area contributed by atoms with Gasteiger partial charge in [-0.25, -0.2) is 0 Å². The Labute approximate surface area is 168 Å². The molecule has 0 spiro atoms. The van der Waals surface area contributed by atoms with Crippen LogP contribution < -0.4 is 5.32 Å². The maximum Gasteiger partial charge on any atom is 0.193 e. The third kappa shape index (κ3) is 6.80. The first-order chi connectivity index (χ1) is 11.0. The monoisotopic (exact) mass is 462 g/mol. The van der Waals surface area contributed by atoms with Crippen molar-refractivity contribution in [3.8, 4) is 0 Å². The summed E-state index contributed by atoms with van der Waals surface area (Å²) in [5.41, 5.74) is 1.39. The van der Waals surface area contributed by atoms with Crippen molar-refractivity contribution < 1.29 is 0 Å². The highest BCUT2D eigenvalue weighted by atomic mass is 127. The van der Waals surface area contributed by atoms with E-state index in [1.807, 2.05) is 18.8 Å². The summed E-state index contributed by atoms with van der Waals surface area (Å²) in [6.07, 6.45) is 2.16. The van der Waals surface area contributed by atoms with Gasteiger partial charge in [-0.3, -0.25) is 9.89 Å². The molecular formula is C18H31IN4S. The van der Waals surface area contributed by atoms with Gasteiger partial charge in [0.2, 0.25) is 0 Å². The molecule has 1 aromatic rings. The van der Waals surface area contributed by atoms with Gasteiger partial charge in [0, 0.05) is 51.1 Å². The number of rotatable bonds is 5. The number of hydrogen-bond donors (Lipinski definition) is 1. The average molecular weight is 462 g/mol. The Morgan fingerprint density at radius 3 is 2.33 bits per heavy atom. The lowest BCUT2D eigenvalue weighted by Crippen LogP contribution is -2.53. The molecule has 4 nitrogen and oxygen atoms in total. The minimum atomic E-state index is 0. The standard InChI is InChI=1S/C18H30N4S.HI/c1-18(2,23-4)15-20-17(19-3)22-12-10-21(11-13-22)14-16-8-6-5-7-9-16;/h5-9H,10-15H2,1-4H3,(H,19,20);1H. The topological polar surface area (TPSA) is 30.9 Å². The third-order valence-electron chi connectivity index (χ3n) is 4.36. The summed E-state index contributed by atoms with van der Waals surface area (Å²) >= 11 is 1.88. The van der Waals surface area contributed by atoms with Gasteiger partial charge in [-0.05, 0) is 25.7 Å². The Hall–Kier alpha value is -0.470. The second kappa shape index (κ2) is 10.5. The van der Waals surface area contributed by atoms with Crippen LogP contribution in [-0.2, 0) is 6.54 Å². The minimum Gasteiger partial charge on any atom is -0.355 e. The normalized spacial score (nSPS) is 16.7. The van der Waals surface area contributed by atoms with Crippen LogP contribution in [0.15, 0.2) is 35.3 Å². The van der Waals surface area contributed by atoms with Crippen LogP contribution in [0.25, 0.3) is 0 Å². The molecule has 24 heavy (non-hydrogen) atoms. The molecule has 1 heterocycles. The Bertz CT molecular complexity index is 499. The van der Waals surface area contributed by atoms with Gasteiger partial charge in [-0.15, -0.1) is 24.0 Å². The second-order valence-corrected chi connectivity index (χ2v) is 8.13. The Kier molecular flexibility index (Phi) is 9.44. The second-order valence-electron chi connectivity index (χ2n) is 6.61. The molecule has 0 bridgehead atoms. The van der Waals surface area contributed by atoms with Gasteiger partial charge in [0.05, 0.1) is 0 Å². The summed E-state index contributed by atoms with van der Waals surface area (Å²) < 4.78 is 0.227. The van der Waals surface area contributed by atoms with Crippen LogP contribution in [0.3, 0.4) is 0 Å². The van der Waals surface area contributed by atoms with E-state index in [9.17, 15) is 0 Å². The number of nitrogens with zero attached hydrogens (tertiary/aromatic N) is 3. The van der Waals surface area contributed by atoms with E-state index in [1.54, 1.807) is 0 Å². The van der Waals surface area contributed by atoms with Gasteiger partial charge in [0.15, 0.2) is 5.96 Å². The van der Waals surface area contributed by atoms with Crippen molar-refractivity contribution >= 4 is 41.7 Å². The van der Waals surface area contributed by atoms with Crippen molar-refractivity contribution in [3.05, 3.63) is 35.9 Å². The summed E-state index contributed by atoms with van der Waals surface area (Å²) in [6, 6.07) is 10.7. The highest BCUT2D eigenvalue weighted by Gasteiger charge is 2.22. The van der Waals surface area contributed by atoms with Crippen LogP contribution in [0.4, 0.5) is 0 Å². The van der Waals surface area contributed by atoms with Crippen LogP contribution in [0.1, 0.15) is 19.4 Å². The number of halogens is 1. The SMILES string of the molecule is CN=C(NCC(C)(C)SC)N1CCN(Cc2ccccc2)CC1.I. The van der Waals surface area contributed by atoms with Gasteiger partial charge in [-0.1, -0.05) is 30.3 Å². The molecule has 0 amide bonds. The van der Waals surface area contributed by atoms with Crippen LogP contribution >= 0.6 is 35.7 Å². The first-order valence-electron chi connectivity index (χ1n) is 8.31. The van der Waals surface area contributed by atoms with Crippen LogP contribution in [0.5, 0.6) is 0 Å². The molecule has 1 aliphatic rings. The molecule has 1 aliphatic heterocycles. The van der Waals surface area contributed by atoms with Gasteiger partial charge in [0.25, 0.3) is 0 Å². The zero-order valence-corrected chi connectivity index (χ0v) is 18.4. The van der Waals surface area contributed by atoms with E-state index < -0.39 is 0 Å². The highest BCUT2D eigenvalue weighted by molar-refractivity contribution is 14.0. The number of aliphatic imine (C=N–C) groups is 1. The lowest BCUT2D eigenvalue weighted by atomic mass is 10.2. The molecule has 0 saturated carbocycles. The maximum absolute atomic E-state index is 4.46. The molecule has 0 aliphatic carbocycles. The molecule has 0 radical (unpaired) electrons. The highest BCUT2D eigenvalue weighted by Crippen LogP contribution is 2.19. The number of nitrogens with one attached hydrogen (secondary N) is 1. The summed E-state index contributed by atoms with van der Waals surface area (Å²) in [6.45, 7) is 10.7. The van der Waals surface area contributed by atoms with Gasteiger partial charge < -0.3 is 10.2 Å². The molecule has 136 valence electrons. The molecule has 1 N–H and O–H groups in total. The first kappa shape index (κ1) is 21.6. The molecular weight excluding hydrogens is 431 g/mol. The van der Waals surface area contributed by atoms with E-state index in [1.165, 1.54) is 5.56 Å². The quantitative estimate of drug-likeness (QED) is 0.414. The van der Waals surface area contributed by atoms with Gasteiger partial charge in [0.1, 0.15) is 0 Å². The Morgan fingerprint density at radius 2 is 1.79 bits per heavy atom. The summed E-state index contributed by atoms with van der Waals surface area (Å²) in [5.74, 6) is 1.03. The first-order valence-corrected chi connectivity index (χ1v) is 9.53. The fourth-order valence-electron chi connectivity index (χ4n) is 2.66. The van der Waals surface area contributed by atoms with Crippen LogP contribution in [0, 0.1) is 0 Å².